The second kappa shape index (κ2) is 6.42. The molecule has 0 radical (unpaired) electrons. The number of rotatable bonds is 7. The SMILES string of the molecule is NCCCCS(=O)(=O)NCC1CCCO1. The predicted molar refractivity (Wildman–Crippen MR) is 59.1 cm³/mol. The minimum atomic E-state index is -3.13. The normalized spacial score (nSPS) is 22.1. The molecule has 1 saturated heterocycles. The molecule has 5 nitrogen and oxygen atoms in total. The number of sulfonamides is 1. The first-order valence-corrected chi connectivity index (χ1v) is 7.08. The molecular weight excluding hydrogens is 216 g/mol. The molecule has 90 valence electrons. The van der Waals surface area contributed by atoms with Gasteiger partial charge in [-0.1, -0.05) is 0 Å². The van der Waals surface area contributed by atoms with Gasteiger partial charge in [-0.25, -0.2) is 13.1 Å². The molecule has 0 aromatic carbocycles. The third-order valence-corrected chi connectivity index (χ3v) is 3.85. The van der Waals surface area contributed by atoms with Crippen LogP contribution in [0.4, 0.5) is 0 Å². The van der Waals surface area contributed by atoms with Crippen molar-refractivity contribution in [3.8, 4) is 0 Å². The van der Waals surface area contributed by atoms with Crippen molar-refractivity contribution in [3.05, 3.63) is 0 Å². The van der Waals surface area contributed by atoms with E-state index in [9.17, 15) is 8.42 Å². The minimum Gasteiger partial charge on any atom is -0.377 e. The minimum absolute atomic E-state index is 0.0642. The summed E-state index contributed by atoms with van der Waals surface area (Å²) in [6.45, 7) is 1.70. The molecule has 1 aliphatic heterocycles. The zero-order valence-corrected chi connectivity index (χ0v) is 9.76. The Morgan fingerprint density at radius 3 is 2.80 bits per heavy atom. The third kappa shape index (κ3) is 5.46. The van der Waals surface area contributed by atoms with Gasteiger partial charge in [0.05, 0.1) is 11.9 Å². The van der Waals surface area contributed by atoms with Gasteiger partial charge in [0.2, 0.25) is 10.0 Å². The highest BCUT2D eigenvalue weighted by atomic mass is 32.2. The van der Waals surface area contributed by atoms with Gasteiger partial charge in [-0.15, -0.1) is 0 Å². The van der Waals surface area contributed by atoms with Crippen LogP contribution in [0.2, 0.25) is 0 Å². The number of unbranched alkanes of at least 4 members (excludes halogenated alkanes) is 1. The first-order chi connectivity index (χ1) is 7.14. The smallest absolute Gasteiger partial charge is 0.211 e. The van der Waals surface area contributed by atoms with E-state index in [-0.39, 0.29) is 11.9 Å². The first kappa shape index (κ1) is 12.9. The molecule has 1 heterocycles. The molecule has 0 aromatic heterocycles. The van der Waals surface area contributed by atoms with Crippen molar-refractivity contribution in [2.24, 2.45) is 5.73 Å². The molecule has 15 heavy (non-hydrogen) atoms. The van der Waals surface area contributed by atoms with Crippen LogP contribution in [0.25, 0.3) is 0 Å². The van der Waals surface area contributed by atoms with Crippen molar-refractivity contribution in [3.63, 3.8) is 0 Å². The summed E-state index contributed by atoms with van der Waals surface area (Å²) in [6, 6.07) is 0. The van der Waals surface area contributed by atoms with Gasteiger partial charge in [0.1, 0.15) is 0 Å². The van der Waals surface area contributed by atoms with E-state index in [0.717, 1.165) is 25.9 Å². The van der Waals surface area contributed by atoms with E-state index < -0.39 is 10.0 Å². The predicted octanol–water partition coefficient (Wildman–Crippen LogP) is -0.176. The number of ether oxygens (including phenoxy) is 1. The molecule has 1 atom stereocenters. The van der Waals surface area contributed by atoms with Crippen LogP contribution in [-0.4, -0.2) is 40.0 Å². The summed E-state index contributed by atoms with van der Waals surface area (Å²) in [6.07, 6.45) is 3.41. The zero-order valence-electron chi connectivity index (χ0n) is 8.94. The van der Waals surface area contributed by atoms with Gasteiger partial charge in [0, 0.05) is 13.2 Å². The quantitative estimate of drug-likeness (QED) is 0.601. The molecule has 0 aliphatic carbocycles. The molecule has 1 aliphatic rings. The second-order valence-corrected chi connectivity index (χ2v) is 5.72. The Morgan fingerprint density at radius 1 is 1.40 bits per heavy atom. The Morgan fingerprint density at radius 2 is 2.20 bits per heavy atom. The lowest BCUT2D eigenvalue weighted by Gasteiger charge is -2.10. The van der Waals surface area contributed by atoms with E-state index in [2.05, 4.69) is 4.72 Å². The Balaban J connectivity index is 2.17. The lowest BCUT2D eigenvalue weighted by atomic mass is 10.2. The van der Waals surface area contributed by atoms with Crippen molar-refractivity contribution >= 4 is 10.0 Å². The average molecular weight is 236 g/mol. The van der Waals surface area contributed by atoms with Crippen LogP contribution >= 0.6 is 0 Å². The van der Waals surface area contributed by atoms with Crippen LogP contribution in [0, 0.1) is 0 Å². The van der Waals surface area contributed by atoms with E-state index in [4.69, 9.17) is 10.5 Å². The Hall–Kier alpha value is -0.170. The summed E-state index contributed by atoms with van der Waals surface area (Å²) in [7, 11) is -3.13. The van der Waals surface area contributed by atoms with Crippen molar-refractivity contribution in [2.75, 3.05) is 25.4 Å². The summed E-state index contributed by atoms with van der Waals surface area (Å²) < 4.78 is 30.8. The molecule has 0 amide bonds. The topological polar surface area (TPSA) is 81.4 Å². The maximum absolute atomic E-state index is 11.5. The van der Waals surface area contributed by atoms with Crippen LogP contribution < -0.4 is 10.5 Å². The van der Waals surface area contributed by atoms with Crippen molar-refractivity contribution in [1.29, 1.82) is 0 Å². The molecule has 3 N–H and O–H groups in total. The van der Waals surface area contributed by atoms with E-state index in [1.54, 1.807) is 0 Å². The summed E-state index contributed by atoms with van der Waals surface area (Å²) in [4.78, 5) is 0. The van der Waals surface area contributed by atoms with E-state index >= 15 is 0 Å². The van der Waals surface area contributed by atoms with Crippen LogP contribution in [0.3, 0.4) is 0 Å². The summed E-state index contributed by atoms with van der Waals surface area (Å²) >= 11 is 0. The molecule has 6 heteroatoms. The molecule has 0 aromatic rings. The van der Waals surface area contributed by atoms with E-state index in [1.807, 2.05) is 0 Å². The molecular formula is C9H20N2O3S. The Labute approximate surface area is 91.4 Å². The van der Waals surface area contributed by atoms with Gasteiger partial charge < -0.3 is 10.5 Å². The molecule has 0 spiro atoms. The highest BCUT2D eigenvalue weighted by molar-refractivity contribution is 7.89. The van der Waals surface area contributed by atoms with Crippen molar-refractivity contribution in [1.82, 2.24) is 4.72 Å². The fourth-order valence-electron chi connectivity index (χ4n) is 1.53. The maximum Gasteiger partial charge on any atom is 0.211 e. The first-order valence-electron chi connectivity index (χ1n) is 5.43. The molecule has 1 unspecified atom stereocenters. The van der Waals surface area contributed by atoms with Gasteiger partial charge in [-0.2, -0.15) is 0 Å². The van der Waals surface area contributed by atoms with Crippen molar-refractivity contribution in [2.45, 2.75) is 31.8 Å². The highest BCUT2D eigenvalue weighted by Crippen LogP contribution is 2.10. The number of hydrogen-bond donors (Lipinski definition) is 2. The number of nitrogens with one attached hydrogen (secondary N) is 1. The number of nitrogens with two attached hydrogens (primary N) is 1. The monoisotopic (exact) mass is 236 g/mol. The number of hydrogen-bond acceptors (Lipinski definition) is 4. The largest absolute Gasteiger partial charge is 0.377 e. The fraction of sp³-hybridized carbons (Fsp3) is 1.00. The third-order valence-electron chi connectivity index (χ3n) is 2.42. The Kier molecular flexibility index (Phi) is 5.52. The van der Waals surface area contributed by atoms with Gasteiger partial charge in [-0.3, -0.25) is 0 Å². The summed E-state index contributed by atoms with van der Waals surface area (Å²) in [5.41, 5.74) is 5.30. The van der Waals surface area contributed by atoms with Crippen LogP contribution in [0.1, 0.15) is 25.7 Å². The van der Waals surface area contributed by atoms with Gasteiger partial charge >= 0.3 is 0 Å². The van der Waals surface area contributed by atoms with Crippen LogP contribution in [-0.2, 0) is 14.8 Å². The van der Waals surface area contributed by atoms with E-state index in [0.29, 0.717) is 19.5 Å². The molecule has 0 saturated carbocycles. The summed E-state index contributed by atoms with van der Waals surface area (Å²) in [5.74, 6) is 0.164. The Bertz CT molecular complexity index is 261. The highest BCUT2D eigenvalue weighted by Gasteiger charge is 2.18. The standard InChI is InChI=1S/C9H20N2O3S/c10-5-1-2-7-15(12,13)11-8-9-4-3-6-14-9/h9,11H,1-8,10H2. The zero-order chi connectivity index (χ0) is 11.1. The molecule has 0 bridgehead atoms. The van der Waals surface area contributed by atoms with Crippen LogP contribution in [0.5, 0.6) is 0 Å². The molecule has 1 rings (SSSR count). The van der Waals surface area contributed by atoms with E-state index in [1.165, 1.54) is 0 Å². The van der Waals surface area contributed by atoms with Crippen molar-refractivity contribution < 1.29 is 13.2 Å². The second-order valence-electron chi connectivity index (χ2n) is 3.80. The van der Waals surface area contributed by atoms with Gasteiger partial charge in [-0.05, 0) is 32.2 Å². The van der Waals surface area contributed by atoms with Gasteiger partial charge in [0.15, 0.2) is 0 Å². The lowest BCUT2D eigenvalue weighted by Crippen LogP contribution is -2.33. The summed E-state index contributed by atoms with van der Waals surface area (Å²) in [5, 5.41) is 0. The van der Waals surface area contributed by atoms with Crippen LogP contribution in [0.15, 0.2) is 0 Å². The molecule has 1 fully saturated rings. The lowest BCUT2D eigenvalue weighted by molar-refractivity contribution is 0.114. The maximum atomic E-state index is 11.5. The van der Waals surface area contributed by atoms with Gasteiger partial charge in [0.25, 0.3) is 0 Å². The fourth-order valence-corrected chi connectivity index (χ4v) is 2.70. The average Bonchev–Trinajstić information content (AvgIpc) is 2.68.